The van der Waals surface area contributed by atoms with Gasteiger partial charge in [-0.3, -0.25) is 9.59 Å². The summed E-state index contributed by atoms with van der Waals surface area (Å²) >= 11 is 0. The lowest BCUT2D eigenvalue weighted by molar-refractivity contribution is -0.122. The summed E-state index contributed by atoms with van der Waals surface area (Å²) in [6.45, 7) is 4.44. The number of carbonyl (C=O) groups is 2. The van der Waals surface area contributed by atoms with Gasteiger partial charge in [0.25, 0.3) is 0 Å². The van der Waals surface area contributed by atoms with E-state index in [2.05, 4.69) is 15.4 Å². The highest BCUT2D eigenvalue weighted by Crippen LogP contribution is 2.15. The fourth-order valence-electron chi connectivity index (χ4n) is 2.00. The van der Waals surface area contributed by atoms with E-state index >= 15 is 0 Å². The van der Waals surface area contributed by atoms with Crippen molar-refractivity contribution in [2.45, 2.75) is 31.6 Å². The maximum atomic E-state index is 12.0. The summed E-state index contributed by atoms with van der Waals surface area (Å²) in [4.78, 5) is 23.5. The minimum atomic E-state index is -3.66. The van der Waals surface area contributed by atoms with Gasteiger partial charge in [0.2, 0.25) is 21.8 Å². The van der Waals surface area contributed by atoms with Crippen molar-refractivity contribution in [3.8, 4) is 0 Å². The molecule has 0 unspecified atom stereocenters. The van der Waals surface area contributed by atoms with Gasteiger partial charge in [-0.1, -0.05) is 19.9 Å². The van der Waals surface area contributed by atoms with Crippen LogP contribution in [-0.2, 0) is 19.6 Å². The Morgan fingerprint density at radius 3 is 2.52 bits per heavy atom. The summed E-state index contributed by atoms with van der Waals surface area (Å²) < 4.78 is 26.4. The van der Waals surface area contributed by atoms with Crippen LogP contribution in [0.1, 0.15) is 26.7 Å². The van der Waals surface area contributed by atoms with Gasteiger partial charge in [0.15, 0.2) is 0 Å². The maximum absolute atomic E-state index is 12.0. The molecule has 1 aromatic rings. The summed E-state index contributed by atoms with van der Waals surface area (Å²) in [6.07, 6.45) is 0.517. The van der Waals surface area contributed by atoms with E-state index in [1.54, 1.807) is 6.07 Å². The second-order valence-electron chi connectivity index (χ2n) is 5.96. The second-order valence-corrected chi connectivity index (χ2v) is 7.73. The fraction of sp³-hybridized carbons (Fsp3) is 0.500. The fourth-order valence-corrected chi connectivity index (χ4v) is 3.09. The standard InChI is InChI=1S/C16H26N4O4S/c1-12(2)10-16(22)18-8-6-15(21)20-13-4-3-5-14(11-13)25(23,24)19-9-7-17/h3-5,11-12,19H,6-10,17H2,1-2H3,(H,18,22)(H,20,21). The number of amides is 2. The molecule has 0 saturated carbocycles. The predicted molar refractivity (Wildman–Crippen MR) is 96.4 cm³/mol. The van der Waals surface area contributed by atoms with Gasteiger partial charge in [0, 0.05) is 38.2 Å². The third kappa shape index (κ3) is 8.10. The zero-order chi connectivity index (χ0) is 18.9. The van der Waals surface area contributed by atoms with Crippen LogP contribution >= 0.6 is 0 Å². The van der Waals surface area contributed by atoms with E-state index in [-0.39, 0.29) is 48.7 Å². The van der Waals surface area contributed by atoms with Crippen LogP contribution in [0.4, 0.5) is 5.69 Å². The van der Waals surface area contributed by atoms with Gasteiger partial charge in [0.1, 0.15) is 0 Å². The molecule has 0 aliphatic carbocycles. The van der Waals surface area contributed by atoms with Gasteiger partial charge in [-0.2, -0.15) is 0 Å². The zero-order valence-corrected chi connectivity index (χ0v) is 15.4. The SMILES string of the molecule is CC(C)CC(=O)NCCC(=O)Nc1cccc(S(=O)(=O)NCCN)c1. The molecule has 8 nitrogen and oxygen atoms in total. The van der Waals surface area contributed by atoms with Gasteiger partial charge >= 0.3 is 0 Å². The van der Waals surface area contributed by atoms with Crippen LogP contribution in [-0.4, -0.2) is 39.9 Å². The highest BCUT2D eigenvalue weighted by Gasteiger charge is 2.14. The number of hydrogen-bond acceptors (Lipinski definition) is 5. The molecule has 1 aromatic carbocycles. The molecule has 0 aliphatic rings. The largest absolute Gasteiger partial charge is 0.356 e. The molecule has 0 aromatic heterocycles. The van der Waals surface area contributed by atoms with Gasteiger partial charge in [-0.25, -0.2) is 13.1 Å². The number of carbonyl (C=O) groups excluding carboxylic acids is 2. The summed E-state index contributed by atoms with van der Waals surface area (Å²) in [5.74, 6) is -0.150. The molecule has 0 fully saturated rings. The summed E-state index contributed by atoms with van der Waals surface area (Å²) in [6, 6.07) is 5.93. The monoisotopic (exact) mass is 370 g/mol. The summed E-state index contributed by atoms with van der Waals surface area (Å²) in [5, 5.41) is 5.29. The number of sulfonamides is 1. The first-order valence-corrected chi connectivity index (χ1v) is 9.59. The van der Waals surface area contributed by atoms with Crippen LogP contribution in [0, 0.1) is 5.92 Å². The molecule has 0 radical (unpaired) electrons. The van der Waals surface area contributed by atoms with E-state index in [1.165, 1.54) is 18.2 Å². The summed E-state index contributed by atoms with van der Waals surface area (Å²) in [7, 11) is -3.66. The Labute approximate surface area is 148 Å². The number of nitrogens with one attached hydrogen (secondary N) is 3. The quantitative estimate of drug-likeness (QED) is 0.474. The van der Waals surface area contributed by atoms with Crippen molar-refractivity contribution >= 4 is 27.5 Å². The van der Waals surface area contributed by atoms with E-state index < -0.39 is 10.0 Å². The minimum Gasteiger partial charge on any atom is -0.356 e. The van der Waals surface area contributed by atoms with Crippen molar-refractivity contribution in [3.05, 3.63) is 24.3 Å². The first-order chi connectivity index (χ1) is 11.7. The zero-order valence-electron chi connectivity index (χ0n) is 14.5. The summed E-state index contributed by atoms with van der Waals surface area (Å²) in [5.41, 5.74) is 5.66. The Hall–Kier alpha value is -1.97. The van der Waals surface area contributed by atoms with E-state index in [0.717, 1.165) is 0 Å². The average molecular weight is 370 g/mol. The molecular weight excluding hydrogens is 344 g/mol. The van der Waals surface area contributed by atoms with Crippen molar-refractivity contribution in [1.82, 2.24) is 10.0 Å². The molecule has 0 bridgehead atoms. The maximum Gasteiger partial charge on any atom is 0.240 e. The lowest BCUT2D eigenvalue weighted by Gasteiger charge is -2.10. The highest BCUT2D eigenvalue weighted by atomic mass is 32.2. The first kappa shape index (κ1) is 21.1. The van der Waals surface area contributed by atoms with Gasteiger partial charge in [-0.15, -0.1) is 0 Å². The van der Waals surface area contributed by atoms with Gasteiger partial charge in [-0.05, 0) is 24.1 Å². The Morgan fingerprint density at radius 2 is 1.88 bits per heavy atom. The van der Waals surface area contributed by atoms with Crippen LogP contribution in [0.15, 0.2) is 29.2 Å². The number of hydrogen-bond donors (Lipinski definition) is 4. The number of benzene rings is 1. The van der Waals surface area contributed by atoms with Crippen LogP contribution in [0.3, 0.4) is 0 Å². The molecule has 0 spiro atoms. The normalized spacial score (nSPS) is 11.4. The molecule has 1 rings (SSSR count). The molecule has 0 atom stereocenters. The minimum absolute atomic E-state index is 0.0454. The van der Waals surface area contributed by atoms with E-state index in [4.69, 9.17) is 5.73 Å². The van der Waals surface area contributed by atoms with Gasteiger partial charge in [0.05, 0.1) is 4.90 Å². The van der Waals surface area contributed by atoms with Crippen LogP contribution in [0.2, 0.25) is 0 Å². The van der Waals surface area contributed by atoms with E-state index in [1.807, 2.05) is 13.8 Å². The molecule has 0 heterocycles. The number of nitrogens with two attached hydrogens (primary N) is 1. The van der Waals surface area contributed by atoms with Crippen molar-refractivity contribution < 1.29 is 18.0 Å². The first-order valence-electron chi connectivity index (χ1n) is 8.11. The number of rotatable bonds is 10. The van der Waals surface area contributed by atoms with Crippen LogP contribution in [0.25, 0.3) is 0 Å². The lowest BCUT2D eigenvalue weighted by atomic mass is 10.1. The van der Waals surface area contributed by atoms with Crippen molar-refractivity contribution in [1.29, 1.82) is 0 Å². The molecule has 2 amide bonds. The molecule has 9 heteroatoms. The van der Waals surface area contributed by atoms with Crippen molar-refractivity contribution in [3.63, 3.8) is 0 Å². The number of anilines is 1. The average Bonchev–Trinajstić information content (AvgIpc) is 2.52. The van der Waals surface area contributed by atoms with E-state index in [9.17, 15) is 18.0 Å². The third-order valence-corrected chi connectivity index (χ3v) is 4.59. The van der Waals surface area contributed by atoms with Crippen LogP contribution < -0.4 is 21.1 Å². The molecular formula is C16H26N4O4S. The van der Waals surface area contributed by atoms with Crippen molar-refractivity contribution in [2.75, 3.05) is 25.0 Å². The van der Waals surface area contributed by atoms with E-state index in [0.29, 0.717) is 12.1 Å². The Bertz CT molecular complexity index is 689. The van der Waals surface area contributed by atoms with Gasteiger partial charge < -0.3 is 16.4 Å². The molecule has 25 heavy (non-hydrogen) atoms. The second kappa shape index (κ2) is 10.1. The Balaban J connectivity index is 2.55. The Morgan fingerprint density at radius 1 is 1.16 bits per heavy atom. The third-order valence-electron chi connectivity index (χ3n) is 3.13. The molecule has 0 aliphatic heterocycles. The smallest absolute Gasteiger partial charge is 0.240 e. The molecule has 140 valence electrons. The Kier molecular flexibility index (Phi) is 8.53. The predicted octanol–water partition coefficient (Wildman–Crippen LogP) is 0.415. The molecule has 0 saturated heterocycles. The molecule has 5 N–H and O–H groups in total. The topological polar surface area (TPSA) is 130 Å². The highest BCUT2D eigenvalue weighted by molar-refractivity contribution is 7.89. The van der Waals surface area contributed by atoms with Crippen LogP contribution in [0.5, 0.6) is 0 Å². The van der Waals surface area contributed by atoms with Crippen molar-refractivity contribution in [2.24, 2.45) is 11.7 Å². The lowest BCUT2D eigenvalue weighted by Crippen LogP contribution is -2.29.